The molecule has 1 aromatic carbocycles. The number of nitrogens with one attached hydrogen (secondary N) is 1. The topological polar surface area (TPSA) is 52.7 Å². The van der Waals surface area contributed by atoms with Crippen LogP contribution in [0.15, 0.2) is 18.2 Å². The largest absolute Gasteiger partial charge is 0.416 e. The fourth-order valence-electron chi connectivity index (χ4n) is 4.94. The van der Waals surface area contributed by atoms with Crippen molar-refractivity contribution in [1.82, 2.24) is 9.62 Å². The highest BCUT2D eigenvalue weighted by Crippen LogP contribution is 2.39. The van der Waals surface area contributed by atoms with Gasteiger partial charge in [0, 0.05) is 31.4 Å². The lowest BCUT2D eigenvalue weighted by molar-refractivity contribution is -0.137. The fraction of sp³-hybridized carbons (Fsp3) is 0.700. The molecule has 3 heterocycles. The third-order valence-corrected chi connectivity index (χ3v) is 8.49. The predicted octanol–water partition coefficient (Wildman–Crippen LogP) is 3.18. The van der Waals surface area contributed by atoms with E-state index in [9.17, 15) is 21.6 Å². The van der Waals surface area contributed by atoms with E-state index in [4.69, 9.17) is 0 Å². The van der Waals surface area contributed by atoms with E-state index in [0.29, 0.717) is 44.6 Å². The quantitative estimate of drug-likeness (QED) is 0.799. The van der Waals surface area contributed by atoms with Crippen molar-refractivity contribution in [2.75, 3.05) is 43.4 Å². The Bertz CT molecular complexity index is 830. The summed E-state index contributed by atoms with van der Waals surface area (Å²) in [7, 11) is -3.16. The van der Waals surface area contributed by atoms with Crippen molar-refractivity contribution in [3.05, 3.63) is 29.3 Å². The van der Waals surface area contributed by atoms with Crippen molar-refractivity contribution in [1.29, 1.82) is 0 Å². The summed E-state index contributed by atoms with van der Waals surface area (Å²) >= 11 is 0. The molecule has 9 heteroatoms. The van der Waals surface area contributed by atoms with Crippen LogP contribution in [0.2, 0.25) is 0 Å². The minimum atomic E-state index is -4.37. The van der Waals surface area contributed by atoms with Crippen LogP contribution < -0.4 is 10.2 Å². The van der Waals surface area contributed by atoms with Gasteiger partial charge in [-0.05, 0) is 68.8 Å². The molecule has 0 spiro atoms. The maximum Gasteiger partial charge on any atom is 0.416 e. The fourth-order valence-corrected chi connectivity index (χ4v) is 6.74. The van der Waals surface area contributed by atoms with Gasteiger partial charge in [0.25, 0.3) is 0 Å². The summed E-state index contributed by atoms with van der Waals surface area (Å²) in [4.78, 5) is 2.03. The van der Waals surface area contributed by atoms with E-state index in [-0.39, 0.29) is 17.7 Å². The average molecular weight is 432 g/mol. The normalized spacial score (nSPS) is 24.9. The molecule has 3 aliphatic heterocycles. The van der Waals surface area contributed by atoms with Gasteiger partial charge in [0.2, 0.25) is 10.0 Å². The first-order chi connectivity index (χ1) is 13.8. The Morgan fingerprint density at radius 2 is 1.69 bits per heavy atom. The van der Waals surface area contributed by atoms with Gasteiger partial charge in [-0.2, -0.15) is 17.5 Å². The number of anilines is 1. The third kappa shape index (κ3) is 4.41. The van der Waals surface area contributed by atoms with E-state index >= 15 is 0 Å². The number of hydrogen-bond acceptors (Lipinski definition) is 4. The van der Waals surface area contributed by atoms with Gasteiger partial charge in [0.15, 0.2) is 0 Å². The minimum Gasteiger partial charge on any atom is -0.371 e. The molecule has 0 aromatic heterocycles. The first-order valence-corrected chi connectivity index (χ1v) is 12.0. The Hall–Kier alpha value is -1.32. The lowest BCUT2D eigenvalue weighted by Crippen LogP contribution is -2.46. The zero-order valence-corrected chi connectivity index (χ0v) is 17.2. The van der Waals surface area contributed by atoms with Crippen LogP contribution in [0, 0.1) is 0 Å². The first-order valence-electron chi connectivity index (χ1n) is 10.4. The van der Waals surface area contributed by atoms with Crippen LogP contribution in [0.5, 0.6) is 0 Å². The minimum absolute atomic E-state index is 0.0353. The molecule has 0 atom stereocenters. The second-order valence-electron chi connectivity index (χ2n) is 8.29. The first kappa shape index (κ1) is 20.9. The zero-order chi connectivity index (χ0) is 20.6. The van der Waals surface area contributed by atoms with E-state index in [1.165, 1.54) is 12.1 Å². The highest BCUT2D eigenvalue weighted by molar-refractivity contribution is 7.89. The van der Waals surface area contributed by atoms with Crippen LogP contribution in [0.25, 0.3) is 0 Å². The number of sulfonamides is 1. The van der Waals surface area contributed by atoms with Gasteiger partial charge in [-0.25, -0.2) is 8.42 Å². The van der Waals surface area contributed by atoms with Crippen molar-refractivity contribution in [2.45, 2.75) is 50.2 Å². The van der Waals surface area contributed by atoms with E-state index < -0.39 is 21.8 Å². The lowest BCUT2D eigenvalue weighted by atomic mass is 9.87. The number of alkyl halides is 3. The van der Waals surface area contributed by atoms with Gasteiger partial charge in [0.1, 0.15) is 0 Å². The Morgan fingerprint density at radius 1 is 1.00 bits per heavy atom. The van der Waals surface area contributed by atoms with Crippen molar-refractivity contribution in [3.63, 3.8) is 0 Å². The van der Waals surface area contributed by atoms with E-state index in [2.05, 4.69) is 5.32 Å². The van der Waals surface area contributed by atoms with E-state index in [1.807, 2.05) is 4.90 Å². The second-order valence-corrected chi connectivity index (χ2v) is 10.3. The van der Waals surface area contributed by atoms with E-state index in [0.717, 1.165) is 31.5 Å². The third-order valence-electron chi connectivity index (χ3n) is 6.49. The van der Waals surface area contributed by atoms with E-state index in [1.54, 1.807) is 10.4 Å². The molecule has 0 aliphatic carbocycles. The molecule has 0 unspecified atom stereocenters. The van der Waals surface area contributed by atoms with Crippen LogP contribution in [-0.4, -0.2) is 57.2 Å². The van der Waals surface area contributed by atoms with Gasteiger partial charge in [-0.1, -0.05) is 6.07 Å². The molecule has 0 saturated carbocycles. The number of benzene rings is 1. The van der Waals surface area contributed by atoms with Crippen molar-refractivity contribution >= 4 is 15.7 Å². The summed E-state index contributed by atoms with van der Waals surface area (Å²) in [6.45, 7) is 3.48. The molecule has 3 saturated heterocycles. The molecule has 0 radical (unpaired) electrons. The summed E-state index contributed by atoms with van der Waals surface area (Å²) in [5.41, 5.74) is 1.05. The number of hydrogen-bond donors (Lipinski definition) is 1. The molecule has 0 bridgehead atoms. The molecule has 0 amide bonds. The monoisotopic (exact) mass is 431 g/mol. The summed E-state index contributed by atoms with van der Waals surface area (Å²) in [6.07, 6.45) is -0.566. The van der Waals surface area contributed by atoms with Gasteiger partial charge in [-0.15, -0.1) is 0 Å². The Balaban J connectivity index is 1.56. The average Bonchev–Trinajstić information content (AvgIpc) is 3.07. The molecule has 5 nitrogen and oxygen atoms in total. The molecule has 1 N–H and O–H groups in total. The Kier molecular flexibility index (Phi) is 5.83. The highest BCUT2D eigenvalue weighted by atomic mass is 32.2. The summed E-state index contributed by atoms with van der Waals surface area (Å²) in [5.74, 6) is 0.464. The van der Waals surface area contributed by atoms with Gasteiger partial charge >= 0.3 is 6.18 Å². The Morgan fingerprint density at radius 3 is 2.28 bits per heavy atom. The van der Waals surface area contributed by atoms with Crippen molar-refractivity contribution < 1.29 is 21.6 Å². The zero-order valence-electron chi connectivity index (χ0n) is 16.4. The SMILES string of the molecule is O=S1(=O)CCCN1C1CCN(c2cc(C(F)(F)F)ccc2C2CCNCC2)CC1. The number of piperidine rings is 2. The molecule has 3 aliphatic rings. The number of rotatable bonds is 3. The molecule has 1 aromatic rings. The van der Waals surface area contributed by atoms with Gasteiger partial charge < -0.3 is 10.2 Å². The standard InChI is InChI=1S/C20H28F3N3O2S/c21-20(22,23)16-2-3-18(15-4-8-24-9-5-15)19(14-16)25-11-6-17(7-12-25)26-10-1-13-29(26,27)28/h2-3,14-15,17,24H,1,4-13H2. The van der Waals surface area contributed by atoms with Crippen LogP contribution in [-0.2, 0) is 16.2 Å². The van der Waals surface area contributed by atoms with Crippen LogP contribution >= 0.6 is 0 Å². The maximum atomic E-state index is 13.4. The van der Waals surface area contributed by atoms with Crippen LogP contribution in [0.1, 0.15) is 49.1 Å². The van der Waals surface area contributed by atoms with Crippen LogP contribution in [0.3, 0.4) is 0 Å². The predicted molar refractivity (Wildman–Crippen MR) is 107 cm³/mol. The van der Waals surface area contributed by atoms with Crippen molar-refractivity contribution in [2.24, 2.45) is 0 Å². The lowest BCUT2D eigenvalue weighted by Gasteiger charge is -2.39. The smallest absolute Gasteiger partial charge is 0.371 e. The van der Waals surface area contributed by atoms with Crippen LogP contribution in [0.4, 0.5) is 18.9 Å². The molecular formula is C20H28F3N3O2S. The molecule has 29 heavy (non-hydrogen) atoms. The summed E-state index contributed by atoms with van der Waals surface area (Å²) in [5, 5.41) is 3.31. The summed E-state index contributed by atoms with van der Waals surface area (Å²) < 4.78 is 66.1. The maximum absolute atomic E-state index is 13.4. The highest BCUT2D eigenvalue weighted by Gasteiger charge is 2.37. The summed E-state index contributed by atoms with van der Waals surface area (Å²) in [6, 6.07) is 4.12. The molecule has 162 valence electrons. The molecule has 3 fully saturated rings. The number of halogens is 3. The second kappa shape index (κ2) is 8.07. The molecule has 4 rings (SSSR count). The van der Waals surface area contributed by atoms with Crippen molar-refractivity contribution in [3.8, 4) is 0 Å². The van der Waals surface area contributed by atoms with Gasteiger partial charge in [0.05, 0.1) is 11.3 Å². The van der Waals surface area contributed by atoms with Gasteiger partial charge in [-0.3, -0.25) is 0 Å². The number of nitrogens with zero attached hydrogens (tertiary/aromatic N) is 2. The Labute approximate surface area is 170 Å². The molecular weight excluding hydrogens is 403 g/mol.